The van der Waals surface area contributed by atoms with Gasteiger partial charge in [0, 0.05) is 25.2 Å². The number of carbonyl (C=O) groups is 1. The summed E-state index contributed by atoms with van der Waals surface area (Å²) >= 11 is 0. The first kappa shape index (κ1) is 24.2. The quantitative estimate of drug-likeness (QED) is 0.422. The van der Waals surface area contributed by atoms with Gasteiger partial charge in [-0.2, -0.15) is 0 Å². The lowest BCUT2D eigenvalue weighted by molar-refractivity contribution is -0.384. The first-order valence-corrected chi connectivity index (χ1v) is 11.1. The number of hydrogen-bond donors (Lipinski definition) is 2. The Morgan fingerprint density at radius 1 is 1.19 bits per heavy atom. The van der Waals surface area contributed by atoms with Crippen molar-refractivity contribution in [1.29, 1.82) is 0 Å². The lowest BCUT2D eigenvalue weighted by Crippen LogP contribution is -2.37. The molecule has 0 atom stereocenters. The SMILES string of the molecule is CCN(CC(=O)NCc1ccc(F)cc1)c1ccc(S(=O)(=O)NC(C)C)cc1[N+](=O)[O-]. The van der Waals surface area contributed by atoms with Crippen LogP contribution >= 0.6 is 0 Å². The van der Waals surface area contributed by atoms with E-state index in [-0.39, 0.29) is 42.1 Å². The minimum Gasteiger partial charge on any atom is -0.357 e. The maximum Gasteiger partial charge on any atom is 0.293 e. The molecule has 0 saturated heterocycles. The third kappa shape index (κ3) is 6.72. The number of nitro benzene ring substituents is 1. The zero-order chi connectivity index (χ0) is 23.2. The third-order valence-electron chi connectivity index (χ3n) is 4.30. The summed E-state index contributed by atoms with van der Waals surface area (Å²) in [5.41, 5.74) is 0.420. The van der Waals surface area contributed by atoms with Crippen LogP contribution in [0.15, 0.2) is 47.4 Å². The summed E-state index contributed by atoms with van der Waals surface area (Å²) in [5.74, 6) is -0.771. The number of halogens is 1. The van der Waals surface area contributed by atoms with Gasteiger partial charge in [-0.15, -0.1) is 0 Å². The molecule has 2 rings (SSSR count). The van der Waals surface area contributed by atoms with Crippen LogP contribution in [0.3, 0.4) is 0 Å². The summed E-state index contributed by atoms with van der Waals surface area (Å²) in [6.45, 7) is 5.29. The van der Waals surface area contributed by atoms with Crippen molar-refractivity contribution >= 4 is 27.3 Å². The molecule has 0 unspecified atom stereocenters. The lowest BCUT2D eigenvalue weighted by Gasteiger charge is -2.22. The van der Waals surface area contributed by atoms with Crippen LogP contribution < -0.4 is 14.9 Å². The Kier molecular flexibility index (Phi) is 8.06. The number of benzene rings is 2. The normalized spacial score (nSPS) is 11.4. The molecule has 0 aliphatic carbocycles. The molecule has 2 aromatic carbocycles. The summed E-state index contributed by atoms with van der Waals surface area (Å²) < 4.78 is 40.1. The third-order valence-corrected chi connectivity index (χ3v) is 5.96. The fourth-order valence-electron chi connectivity index (χ4n) is 2.86. The lowest BCUT2D eigenvalue weighted by atomic mass is 10.2. The molecular weight excluding hydrogens is 427 g/mol. The summed E-state index contributed by atoms with van der Waals surface area (Å²) in [4.78, 5) is 24.5. The maximum absolute atomic E-state index is 13.0. The predicted octanol–water partition coefficient (Wildman–Crippen LogP) is 2.56. The fraction of sp³-hybridized carbons (Fsp3) is 0.350. The van der Waals surface area contributed by atoms with E-state index >= 15 is 0 Å². The Balaban J connectivity index is 2.20. The number of anilines is 1. The van der Waals surface area contributed by atoms with E-state index < -0.39 is 26.5 Å². The topological polar surface area (TPSA) is 122 Å². The van der Waals surface area contributed by atoms with Gasteiger partial charge in [-0.05, 0) is 50.6 Å². The molecule has 0 saturated carbocycles. The van der Waals surface area contributed by atoms with Crippen LogP contribution in [0, 0.1) is 15.9 Å². The Hall–Kier alpha value is -3.05. The Labute approximate surface area is 180 Å². The maximum atomic E-state index is 13.0. The first-order chi connectivity index (χ1) is 14.5. The van der Waals surface area contributed by atoms with Crippen LogP contribution in [0.25, 0.3) is 0 Å². The fourth-order valence-corrected chi connectivity index (χ4v) is 4.13. The molecule has 0 aromatic heterocycles. The van der Waals surface area contributed by atoms with Gasteiger partial charge in [-0.3, -0.25) is 14.9 Å². The van der Waals surface area contributed by atoms with Crippen molar-refractivity contribution < 1.29 is 22.5 Å². The molecule has 11 heteroatoms. The molecule has 31 heavy (non-hydrogen) atoms. The van der Waals surface area contributed by atoms with Crippen molar-refractivity contribution in [3.8, 4) is 0 Å². The average molecular weight is 453 g/mol. The van der Waals surface area contributed by atoms with Crippen molar-refractivity contribution in [3.63, 3.8) is 0 Å². The first-order valence-electron chi connectivity index (χ1n) is 9.60. The van der Waals surface area contributed by atoms with Crippen LogP contribution in [0.4, 0.5) is 15.8 Å². The zero-order valence-electron chi connectivity index (χ0n) is 17.5. The van der Waals surface area contributed by atoms with Crippen molar-refractivity contribution in [2.24, 2.45) is 0 Å². The number of nitro groups is 1. The van der Waals surface area contributed by atoms with E-state index in [1.54, 1.807) is 32.9 Å². The van der Waals surface area contributed by atoms with Gasteiger partial charge in [-0.25, -0.2) is 17.5 Å². The molecule has 2 aromatic rings. The smallest absolute Gasteiger partial charge is 0.293 e. The second-order valence-corrected chi connectivity index (χ2v) is 8.81. The van der Waals surface area contributed by atoms with Crippen LogP contribution in [0.5, 0.6) is 0 Å². The van der Waals surface area contributed by atoms with Crippen LogP contribution in [0.1, 0.15) is 26.3 Å². The molecule has 0 aliphatic rings. The van der Waals surface area contributed by atoms with Gasteiger partial charge in [0.2, 0.25) is 15.9 Å². The van der Waals surface area contributed by atoms with Crippen LogP contribution in [0.2, 0.25) is 0 Å². The minimum atomic E-state index is -3.91. The van der Waals surface area contributed by atoms with Crippen LogP contribution in [-0.4, -0.2) is 38.4 Å². The molecule has 0 aliphatic heterocycles. The van der Waals surface area contributed by atoms with E-state index in [0.29, 0.717) is 5.56 Å². The number of hydrogen-bond acceptors (Lipinski definition) is 6. The highest BCUT2D eigenvalue weighted by Crippen LogP contribution is 2.30. The van der Waals surface area contributed by atoms with Gasteiger partial charge in [0.1, 0.15) is 11.5 Å². The number of nitrogens with zero attached hydrogens (tertiary/aromatic N) is 2. The zero-order valence-corrected chi connectivity index (χ0v) is 18.3. The number of carbonyl (C=O) groups excluding carboxylic acids is 1. The van der Waals surface area contributed by atoms with E-state index in [9.17, 15) is 27.7 Å². The molecule has 0 spiro atoms. The van der Waals surface area contributed by atoms with E-state index in [4.69, 9.17) is 0 Å². The van der Waals surface area contributed by atoms with Gasteiger partial charge in [0.15, 0.2) is 0 Å². The number of rotatable bonds is 10. The molecule has 0 radical (unpaired) electrons. The number of likely N-dealkylation sites (N-methyl/N-ethyl adjacent to an activating group) is 1. The largest absolute Gasteiger partial charge is 0.357 e. The highest BCUT2D eigenvalue weighted by Gasteiger charge is 2.25. The second kappa shape index (κ2) is 10.3. The van der Waals surface area contributed by atoms with Crippen LogP contribution in [-0.2, 0) is 21.4 Å². The molecule has 168 valence electrons. The number of amides is 1. The highest BCUT2D eigenvalue weighted by molar-refractivity contribution is 7.89. The molecular formula is C20H25FN4O5S. The molecule has 1 amide bonds. The van der Waals surface area contributed by atoms with Crippen molar-refractivity contribution in [2.75, 3.05) is 18.0 Å². The molecule has 0 fully saturated rings. The van der Waals surface area contributed by atoms with Gasteiger partial charge in [0.05, 0.1) is 16.4 Å². The van der Waals surface area contributed by atoms with E-state index in [1.807, 2.05) is 0 Å². The van der Waals surface area contributed by atoms with Gasteiger partial charge in [-0.1, -0.05) is 12.1 Å². The van der Waals surface area contributed by atoms with Crippen molar-refractivity contribution in [3.05, 3.63) is 64.0 Å². The predicted molar refractivity (Wildman–Crippen MR) is 115 cm³/mol. The Morgan fingerprint density at radius 2 is 1.84 bits per heavy atom. The summed E-state index contributed by atoms with van der Waals surface area (Å²) in [7, 11) is -3.91. The number of nitrogens with one attached hydrogen (secondary N) is 2. The number of sulfonamides is 1. The summed E-state index contributed by atoms with van der Waals surface area (Å²) in [6, 6.07) is 8.86. The second-order valence-electron chi connectivity index (χ2n) is 7.10. The van der Waals surface area contributed by atoms with Crippen molar-refractivity contribution in [1.82, 2.24) is 10.0 Å². The van der Waals surface area contributed by atoms with Crippen molar-refractivity contribution in [2.45, 2.75) is 38.3 Å². The molecule has 0 heterocycles. The van der Waals surface area contributed by atoms with E-state index in [1.165, 1.54) is 29.2 Å². The molecule has 2 N–H and O–H groups in total. The highest BCUT2D eigenvalue weighted by atomic mass is 32.2. The Morgan fingerprint density at radius 3 is 2.39 bits per heavy atom. The molecule has 0 bridgehead atoms. The van der Waals surface area contributed by atoms with Gasteiger partial charge < -0.3 is 10.2 Å². The van der Waals surface area contributed by atoms with E-state index in [0.717, 1.165) is 6.07 Å². The minimum absolute atomic E-state index is 0.132. The molecule has 9 nitrogen and oxygen atoms in total. The van der Waals surface area contributed by atoms with E-state index in [2.05, 4.69) is 10.0 Å². The van der Waals surface area contributed by atoms with Gasteiger partial charge >= 0.3 is 0 Å². The average Bonchev–Trinajstić information content (AvgIpc) is 2.70. The summed E-state index contributed by atoms with van der Waals surface area (Å²) in [6.07, 6.45) is 0. The Bertz CT molecular complexity index is 1040. The van der Waals surface area contributed by atoms with Gasteiger partial charge in [0.25, 0.3) is 5.69 Å². The summed E-state index contributed by atoms with van der Waals surface area (Å²) in [5, 5.41) is 14.3. The standard InChI is InChI=1S/C20H25FN4O5S/c1-4-24(13-20(26)22-12-15-5-7-16(21)8-6-15)18-10-9-17(11-19(18)25(27)28)31(29,30)23-14(2)3/h5-11,14,23H,4,12-13H2,1-3H3,(H,22,26). The monoisotopic (exact) mass is 452 g/mol.